The second kappa shape index (κ2) is 25.5. The first kappa shape index (κ1) is 51.2. The van der Waals surface area contributed by atoms with Crippen LogP contribution in [0.5, 0.6) is 11.5 Å². The molecule has 0 aliphatic carbocycles. The van der Waals surface area contributed by atoms with Crippen LogP contribution in [-0.4, -0.2) is 38.4 Å². The van der Waals surface area contributed by atoms with E-state index in [0.717, 1.165) is 35.7 Å². The molecule has 0 heterocycles. The van der Waals surface area contributed by atoms with Crippen molar-refractivity contribution in [1.29, 1.82) is 0 Å². The Hall–Kier alpha value is -2.81. The van der Waals surface area contributed by atoms with Gasteiger partial charge >= 0.3 is 37.7 Å². The summed E-state index contributed by atoms with van der Waals surface area (Å²) >= 11 is 0. The SMILES string of the molecule is COc1ccccc1[NH2+]C(C)CC(C)[N-]c1c(C(C)C)cccc1C(C)C.COc1ccccc1[NH2+]C(C)CC(C)[N-]c1c(C(C)C)cccc1C(C)C.[Li+].[Li+]. The molecule has 296 valence electrons. The summed E-state index contributed by atoms with van der Waals surface area (Å²) in [5.74, 6) is 3.78. The van der Waals surface area contributed by atoms with Gasteiger partial charge in [0.1, 0.15) is 0 Å². The van der Waals surface area contributed by atoms with Gasteiger partial charge in [0.15, 0.2) is 22.9 Å². The van der Waals surface area contributed by atoms with E-state index in [9.17, 15) is 0 Å². The van der Waals surface area contributed by atoms with E-state index in [2.05, 4.69) is 154 Å². The molecule has 0 saturated heterocycles. The van der Waals surface area contributed by atoms with Crippen LogP contribution in [0.25, 0.3) is 10.6 Å². The second-order valence-electron chi connectivity index (χ2n) is 16.4. The first-order valence-electron chi connectivity index (χ1n) is 20.3. The van der Waals surface area contributed by atoms with Crippen LogP contribution in [-0.2, 0) is 0 Å². The Morgan fingerprint density at radius 2 is 0.714 bits per heavy atom. The third-order valence-corrected chi connectivity index (χ3v) is 10.0. The molecule has 0 aromatic heterocycles. The summed E-state index contributed by atoms with van der Waals surface area (Å²) in [5.41, 5.74) is 10.2. The Bertz CT molecular complexity index is 1530. The van der Waals surface area contributed by atoms with E-state index in [4.69, 9.17) is 20.1 Å². The van der Waals surface area contributed by atoms with Gasteiger partial charge in [0.2, 0.25) is 0 Å². The molecule has 6 nitrogen and oxygen atoms in total. The fraction of sp³-hybridized carbons (Fsp3) is 0.500. The molecule has 0 bridgehead atoms. The quantitative estimate of drug-likeness (QED) is 0.0964. The first-order chi connectivity index (χ1) is 25.7. The smallest absolute Gasteiger partial charge is 0.681 e. The van der Waals surface area contributed by atoms with E-state index in [1.807, 2.05) is 24.3 Å². The minimum atomic E-state index is 0. The Morgan fingerprint density at radius 1 is 0.429 bits per heavy atom. The van der Waals surface area contributed by atoms with Gasteiger partial charge in [0, 0.05) is 12.1 Å². The molecular formula is C48H72Li2N4O2+2. The maximum Gasteiger partial charge on any atom is 1.00 e. The molecule has 4 atom stereocenters. The zero-order valence-electron chi connectivity index (χ0n) is 38.0. The van der Waals surface area contributed by atoms with Crippen molar-refractivity contribution in [1.82, 2.24) is 0 Å². The molecule has 0 spiro atoms. The Kier molecular flexibility index (Phi) is 23.4. The van der Waals surface area contributed by atoms with Gasteiger partial charge in [-0.05, 0) is 62.5 Å². The van der Waals surface area contributed by atoms with Gasteiger partial charge in [-0.25, -0.2) is 0 Å². The number of methoxy groups -OCH3 is 2. The van der Waals surface area contributed by atoms with E-state index in [-0.39, 0.29) is 49.8 Å². The molecule has 4 aromatic carbocycles. The van der Waals surface area contributed by atoms with E-state index >= 15 is 0 Å². The van der Waals surface area contributed by atoms with Crippen LogP contribution < -0.4 is 57.8 Å². The average molecular weight is 751 g/mol. The molecule has 56 heavy (non-hydrogen) atoms. The maximum atomic E-state index is 5.48. The van der Waals surface area contributed by atoms with Gasteiger partial charge in [-0.15, -0.1) is 23.5 Å². The van der Waals surface area contributed by atoms with Crippen molar-refractivity contribution >= 4 is 22.7 Å². The van der Waals surface area contributed by atoms with Gasteiger partial charge in [0.05, 0.1) is 26.3 Å². The summed E-state index contributed by atoms with van der Waals surface area (Å²) < 4.78 is 11.0. The summed E-state index contributed by atoms with van der Waals surface area (Å²) in [6.45, 7) is 27.0. The van der Waals surface area contributed by atoms with E-state index < -0.39 is 0 Å². The average Bonchev–Trinajstić information content (AvgIpc) is 3.11. The Morgan fingerprint density at radius 3 is 0.982 bits per heavy atom. The minimum Gasteiger partial charge on any atom is -0.681 e. The predicted molar refractivity (Wildman–Crippen MR) is 232 cm³/mol. The normalized spacial score (nSPS) is 13.2. The molecular weight excluding hydrogens is 678 g/mol. The van der Waals surface area contributed by atoms with Crippen molar-refractivity contribution in [2.75, 3.05) is 14.2 Å². The fourth-order valence-electron chi connectivity index (χ4n) is 7.30. The summed E-state index contributed by atoms with van der Waals surface area (Å²) in [6.07, 6.45) is 2.03. The van der Waals surface area contributed by atoms with Crippen molar-refractivity contribution < 1.29 is 57.8 Å². The number of rotatable bonds is 18. The van der Waals surface area contributed by atoms with Crippen molar-refractivity contribution in [3.8, 4) is 11.5 Å². The minimum absolute atomic E-state index is 0. The largest absolute Gasteiger partial charge is 1.00 e. The van der Waals surface area contributed by atoms with Crippen LogP contribution in [0.2, 0.25) is 0 Å². The van der Waals surface area contributed by atoms with Crippen LogP contribution in [0.3, 0.4) is 0 Å². The Labute approximate surface area is 365 Å². The molecule has 0 saturated carbocycles. The number of benzene rings is 4. The van der Waals surface area contributed by atoms with Crippen molar-refractivity contribution in [2.24, 2.45) is 0 Å². The molecule has 4 rings (SSSR count). The third kappa shape index (κ3) is 15.5. The molecule has 4 unspecified atom stereocenters. The zero-order valence-corrected chi connectivity index (χ0v) is 38.0. The number of hydrogen-bond acceptors (Lipinski definition) is 2. The van der Waals surface area contributed by atoms with Crippen LogP contribution in [0.15, 0.2) is 84.9 Å². The second-order valence-corrected chi connectivity index (χ2v) is 16.4. The zero-order chi connectivity index (χ0) is 39.9. The van der Waals surface area contributed by atoms with Crippen LogP contribution >= 0.6 is 0 Å². The molecule has 0 fully saturated rings. The summed E-state index contributed by atoms with van der Waals surface area (Å²) in [7, 11) is 3.46. The van der Waals surface area contributed by atoms with Crippen molar-refractivity contribution in [3.63, 3.8) is 0 Å². The van der Waals surface area contributed by atoms with Gasteiger partial charge in [-0.2, -0.15) is 0 Å². The topological polar surface area (TPSA) is 79.9 Å². The summed E-state index contributed by atoms with van der Waals surface area (Å²) in [6, 6.07) is 31.0. The maximum absolute atomic E-state index is 5.48. The summed E-state index contributed by atoms with van der Waals surface area (Å²) in [5, 5.41) is 14.9. The van der Waals surface area contributed by atoms with Gasteiger partial charge in [-0.1, -0.05) is 152 Å². The number of para-hydroxylation sites is 6. The third-order valence-electron chi connectivity index (χ3n) is 10.0. The molecule has 4 N–H and O–H groups in total. The molecule has 8 heteroatoms. The van der Waals surface area contributed by atoms with Crippen molar-refractivity contribution in [3.05, 3.63) is 118 Å². The van der Waals surface area contributed by atoms with Crippen LogP contribution in [0, 0.1) is 0 Å². The van der Waals surface area contributed by atoms with Gasteiger partial charge in [-0.3, -0.25) is 0 Å². The standard InChI is InChI=1S/2C24H35N2O.2Li/c2*1-16(2)20-11-10-12-21(17(3)4)24(20)26-19(6)15-18(5)25-22-13-8-9-14-23(22)27-7;;/h2*8-14,16-19,25H,15H2,1-7H3;;/q2*-1;2*+1/p+2. The number of quaternary nitrogens is 2. The predicted octanol–water partition coefficient (Wildman–Crippen LogP) is 6.03. The van der Waals surface area contributed by atoms with Crippen LogP contribution in [0.4, 0.5) is 22.7 Å². The monoisotopic (exact) mass is 751 g/mol. The van der Waals surface area contributed by atoms with Crippen molar-refractivity contribution in [2.45, 2.75) is 144 Å². The van der Waals surface area contributed by atoms with E-state index in [1.165, 1.54) is 33.6 Å². The molecule has 0 radical (unpaired) electrons. The number of nitrogens with two attached hydrogens (primary N) is 2. The number of nitrogens with zero attached hydrogens (tertiary/aromatic N) is 2. The number of ether oxygens (including phenoxy) is 2. The fourth-order valence-corrected chi connectivity index (χ4v) is 7.30. The summed E-state index contributed by atoms with van der Waals surface area (Å²) in [4.78, 5) is 0. The van der Waals surface area contributed by atoms with Gasteiger partial charge < -0.3 is 30.7 Å². The molecule has 0 aliphatic heterocycles. The molecule has 0 amide bonds. The van der Waals surface area contributed by atoms with E-state index in [0.29, 0.717) is 35.8 Å². The van der Waals surface area contributed by atoms with Gasteiger partial charge in [0.25, 0.3) is 0 Å². The van der Waals surface area contributed by atoms with E-state index in [1.54, 1.807) is 14.2 Å². The molecule has 4 aromatic rings. The Balaban J connectivity index is 0.000000541. The number of hydrogen-bond donors (Lipinski definition) is 2. The first-order valence-corrected chi connectivity index (χ1v) is 20.3. The molecule has 0 aliphatic rings. The van der Waals surface area contributed by atoms with Crippen LogP contribution in [0.1, 0.15) is 142 Å².